The average molecular weight is 533 g/mol. The molecule has 0 spiro atoms. The molecule has 40 heavy (non-hydrogen) atoms. The van der Waals surface area contributed by atoms with Gasteiger partial charge in [0, 0.05) is 28.8 Å². The third kappa shape index (κ3) is 3.96. The molecule has 198 valence electrons. The summed E-state index contributed by atoms with van der Waals surface area (Å²) in [4.78, 5) is 14.2. The van der Waals surface area contributed by atoms with Crippen LogP contribution < -0.4 is 10.2 Å². The number of aryl methyl sites for hydroxylation is 2. The van der Waals surface area contributed by atoms with E-state index in [0.717, 1.165) is 11.6 Å². The van der Waals surface area contributed by atoms with Crippen molar-refractivity contribution in [2.24, 2.45) is 0 Å². The zero-order valence-corrected chi connectivity index (χ0v) is 21.6. The quantitative estimate of drug-likeness (QED) is 0.197. The minimum absolute atomic E-state index is 0.0164. The van der Waals surface area contributed by atoms with Gasteiger partial charge in [-0.1, -0.05) is 36.4 Å². The topological polar surface area (TPSA) is 120 Å². The highest BCUT2D eigenvalue weighted by Crippen LogP contribution is 2.50. The normalized spacial score (nSPS) is 12.7. The van der Waals surface area contributed by atoms with Gasteiger partial charge in [0.25, 0.3) is 0 Å². The van der Waals surface area contributed by atoms with Crippen LogP contribution in [0.1, 0.15) is 22.3 Å². The number of ether oxygens (including phenoxy) is 1. The van der Waals surface area contributed by atoms with Crippen LogP contribution in [-0.2, 0) is 0 Å². The molecule has 0 unspecified atom stereocenters. The summed E-state index contributed by atoms with van der Waals surface area (Å²) in [5.41, 5.74) is 3.46. The molecule has 1 aliphatic rings. The average Bonchev–Trinajstić information content (AvgIpc) is 2.89. The van der Waals surface area contributed by atoms with E-state index >= 15 is 0 Å². The number of allylic oxidation sites excluding steroid dienone is 2. The Morgan fingerprint density at radius 1 is 0.725 bits per heavy atom. The van der Waals surface area contributed by atoms with Gasteiger partial charge in [-0.3, -0.25) is 4.79 Å². The zero-order chi connectivity index (χ0) is 28.3. The number of hydrogen-bond donors (Lipinski definition) is 4. The van der Waals surface area contributed by atoms with Crippen LogP contribution in [0.5, 0.6) is 28.7 Å². The Balaban J connectivity index is 1.70. The number of phenolic OH excluding ortho intramolecular Hbond substituents is 4. The van der Waals surface area contributed by atoms with Crippen LogP contribution in [0.15, 0.2) is 88.6 Å². The standard InChI is InChI=1S/C33H24O7/c1-16-4-6-20(7-5-16)32-30(31(38)28-24(37)14-22(35)15-26(28)40-32)29-23(36)12-17(2)27-18(3)13-25(39-33(27)29)19-8-10-21(34)11-9-19/h4-15,34-37H,3H2,1-2H3. The molecule has 6 rings (SSSR count). The molecule has 0 saturated heterocycles. The van der Waals surface area contributed by atoms with E-state index in [1.54, 1.807) is 37.3 Å². The van der Waals surface area contributed by atoms with Crippen LogP contribution in [0.3, 0.4) is 0 Å². The summed E-state index contributed by atoms with van der Waals surface area (Å²) in [6.45, 7) is 7.93. The van der Waals surface area contributed by atoms with Gasteiger partial charge in [-0.05, 0) is 61.4 Å². The minimum Gasteiger partial charge on any atom is -0.508 e. The lowest BCUT2D eigenvalue weighted by molar-refractivity contribution is 0.451. The molecular weight excluding hydrogens is 508 g/mol. The molecule has 7 heteroatoms. The minimum atomic E-state index is -0.620. The molecule has 1 aromatic heterocycles. The summed E-state index contributed by atoms with van der Waals surface area (Å²) in [6.07, 6.45) is 1.75. The summed E-state index contributed by atoms with van der Waals surface area (Å²) < 4.78 is 12.6. The highest BCUT2D eigenvalue weighted by molar-refractivity contribution is 6.00. The Labute approximate surface area is 228 Å². The summed E-state index contributed by atoms with van der Waals surface area (Å²) in [5, 5.41) is 41.7. The second-order valence-electron chi connectivity index (χ2n) is 9.81. The molecule has 2 heterocycles. The van der Waals surface area contributed by atoms with Crippen LogP contribution in [0.4, 0.5) is 0 Å². The third-order valence-electron chi connectivity index (χ3n) is 6.97. The van der Waals surface area contributed by atoms with Gasteiger partial charge in [0.05, 0.1) is 11.1 Å². The molecule has 0 saturated carbocycles. The molecule has 5 aromatic rings. The van der Waals surface area contributed by atoms with Gasteiger partial charge < -0.3 is 29.6 Å². The van der Waals surface area contributed by atoms with Crippen molar-refractivity contribution in [2.45, 2.75) is 13.8 Å². The molecule has 0 amide bonds. The molecule has 0 radical (unpaired) electrons. The van der Waals surface area contributed by atoms with Crippen molar-refractivity contribution in [3.8, 4) is 51.2 Å². The summed E-state index contributed by atoms with van der Waals surface area (Å²) in [6, 6.07) is 17.5. The van der Waals surface area contributed by atoms with Crippen molar-refractivity contribution in [1.29, 1.82) is 0 Å². The summed E-state index contributed by atoms with van der Waals surface area (Å²) in [7, 11) is 0. The highest BCUT2D eigenvalue weighted by Gasteiger charge is 2.31. The Hall–Kier alpha value is -5.43. The van der Waals surface area contributed by atoms with Gasteiger partial charge in [0.1, 0.15) is 51.2 Å². The van der Waals surface area contributed by atoms with Crippen LogP contribution in [0, 0.1) is 13.8 Å². The number of fused-ring (bicyclic) bond motifs is 2. The fraction of sp³-hybridized carbons (Fsp3) is 0.0606. The van der Waals surface area contributed by atoms with Crippen molar-refractivity contribution >= 4 is 22.3 Å². The van der Waals surface area contributed by atoms with E-state index in [0.29, 0.717) is 33.6 Å². The van der Waals surface area contributed by atoms with Crippen molar-refractivity contribution in [1.82, 2.24) is 0 Å². The number of phenols is 4. The predicted molar refractivity (Wildman–Crippen MR) is 154 cm³/mol. The van der Waals surface area contributed by atoms with Crippen LogP contribution in [0.25, 0.3) is 44.8 Å². The highest BCUT2D eigenvalue weighted by atomic mass is 16.5. The van der Waals surface area contributed by atoms with E-state index in [9.17, 15) is 25.2 Å². The molecule has 4 aromatic carbocycles. The molecule has 0 fully saturated rings. The van der Waals surface area contributed by atoms with E-state index in [1.165, 1.54) is 24.3 Å². The van der Waals surface area contributed by atoms with Gasteiger partial charge in [-0.25, -0.2) is 0 Å². The maximum atomic E-state index is 14.2. The molecular formula is C33H24O7. The first-order chi connectivity index (χ1) is 19.1. The first kappa shape index (κ1) is 24.9. The SMILES string of the molecule is C=C1C=C(c2ccc(O)cc2)Oc2c1c(C)cc(O)c2-c1c(-c2ccc(C)cc2)oc2cc(O)cc(O)c2c1=O. The van der Waals surface area contributed by atoms with Crippen molar-refractivity contribution in [2.75, 3.05) is 0 Å². The monoisotopic (exact) mass is 532 g/mol. The Morgan fingerprint density at radius 3 is 2.10 bits per heavy atom. The van der Waals surface area contributed by atoms with Gasteiger partial charge in [-0.15, -0.1) is 0 Å². The number of rotatable bonds is 3. The fourth-order valence-electron chi connectivity index (χ4n) is 5.07. The number of benzene rings is 4. The molecule has 1 aliphatic heterocycles. The van der Waals surface area contributed by atoms with Crippen molar-refractivity contribution in [3.05, 3.63) is 112 Å². The van der Waals surface area contributed by atoms with Crippen molar-refractivity contribution in [3.63, 3.8) is 0 Å². The lowest BCUT2D eigenvalue weighted by Crippen LogP contribution is -2.12. The predicted octanol–water partition coefficient (Wildman–Crippen LogP) is 7.01. The smallest absolute Gasteiger partial charge is 0.205 e. The van der Waals surface area contributed by atoms with E-state index in [-0.39, 0.29) is 50.9 Å². The molecule has 0 aliphatic carbocycles. The molecule has 7 nitrogen and oxygen atoms in total. The van der Waals surface area contributed by atoms with E-state index < -0.39 is 11.2 Å². The number of aromatic hydroxyl groups is 4. The van der Waals surface area contributed by atoms with Crippen LogP contribution in [-0.4, -0.2) is 20.4 Å². The first-order valence-electron chi connectivity index (χ1n) is 12.5. The molecule has 4 N–H and O–H groups in total. The van der Waals surface area contributed by atoms with Crippen molar-refractivity contribution < 1.29 is 29.6 Å². The van der Waals surface area contributed by atoms with E-state index in [1.807, 2.05) is 19.1 Å². The largest absolute Gasteiger partial charge is 0.508 e. The Bertz CT molecular complexity index is 1940. The lowest BCUT2D eigenvalue weighted by Gasteiger charge is -2.25. The Kier molecular flexibility index (Phi) is 5.66. The lowest BCUT2D eigenvalue weighted by atomic mass is 9.89. The van der Waals surface area contributed by atoms with E-state index in [4.69, 9.17) is 9.15 Å². The van der Waals surface area contributed by atoms with Gasteiger partial charge >= 0.3 is 0 Å². The first-order valence-corrected chi connectivity index (χ1v) is 12.5. The van der Waals surface area contributed by atoms with Gasteiger partial charge in [0.15, 0.2) is 0 Å². The maximum absolute atomic E-state index is 14.2. The third-order valence-corrected chi connectivity index (χ3v) is 6.97. The van der Waals surface area contributed by atoms with Crippen LogP contribution >= 0.6 is 0 Å². The fourth-order valence-corrected chi connectivity index (χ4v) is 5.07. The second-order valence-corrected chi connectivity index (χ2v) is 9.81. The summed E-state index contributed by atoms with van der Waals surface area (Å²) in [5.74, 6) is -0.139. The van der Waals surface area contributed by atoms with Gasteiger partial charge in [-0.2, -0.15) is 0 Å². The van der Waals surface area contributed by atoms with Gasteiger partial charge in [0.2, 0.25) is 5.43 Å². The van der Waals surface area contributed by atoms with E-state index in [2.05, 4.69) is 6.58 Å². The maximum Gasteiger partial charge on any atom is 0.205 e. The molecule has 0 atom stereocenters. The summed E-state index contributed by atoms with van der Waals surface area (Å²) >= 11 is 0. The Morgan fingerprint density at radius 2 is 1.40 bits per heavy atom. The number of hydrogen-bond acceptors (Lipinski definition) is 7. The zero-order valence-electron chi connectivity index (χ0n) is 21.6. The second kappa shape index (κ2) is 9.10. The molecule has 0 bridgehead atoms. The van der Waals surface area contributed by atoms with Crippen LogP contribution in [0.2, 0.25) is 0 Å².